The van der Waals surface area contributed by atoms with Crippen molar-refractivity contribution in [1.29, 1.82) is 0 Å². The number of methoxy groups -OCH3 is 1. The summed E-state index contributed by atoms with van der Waals surface area (Å²) in [6.45, 7) is 8.06. The number of ether oxygens (including phenoxy) is 1. The fourth-order valence-electron chi connectivity index (χ4n) is 1.56. The minimum Gasteiger partial charge on any atom is -0.467 e. The number of carbonyl (C=O) groups excluding carboxylic acids is 1. The van der Waals surface area contributed by atoms with E-state index in [-0.39, 0.29) is 17.4 Å². The number of hydrogen-bond acceptors (Lipinski definition) is 3. The third-order valence-corrected chi connectivity index (χ3v) is 2.67. The van der Waals surface area contributed by atoms with Gasteiger partial charge in [-0.25, -0.2) is 4.79 Å². The van der Waals surface area contributed by atoms with Gasteiger partial charge in [-0.3, -0.25) is 0 Å². The van der Waals surface area contributed by atoms with Crippen molar-refractivity contribution in [2.24, 2.45) is 5.41 Å². The lowest BCUT2D eigenvalue weighted by Gasteiger charge is -2.29. The minimum atomic E-state index is -0.352. The maximum Gasteiger partial charge on any atom is 0.328 e. The number of aryl methyl sites for hydroxylation is 1. The van der Waals surface area contributed by atoms with Gasteiger partial charge in [0.2, 0.25) is 0 Å². The smallest absolute Gasteiger partial charge is 0.328 e. The molecule has 0 aliphatic rings. The summed E-state index contributed by atoms with van der Waals surface area (Å²) in [5.41, 5.74) is 1.93. The largest absolute Gasteiger partial charge is 0.467 e. The first-order valence-corrected chi connectivity index (χ1v) is 5.75. The van der Waals surface area contributed by atoms with Gasteiger partial charge in [-0.1, -0.05) is 38.5 Å². The molecule has 1 atom stereocenters. The zero-order valence-corrected chi connectivity index (χ0v) is 11.2. The standard InChI is InChI=1S/C14H21NO2/c1-10-6-8-11(9-7-10)15-12(13(16)17-5)14(2,3)4/h6-9,12,15H,1-5H3. The number of anilines is 1. The Morgan fingerprint density at radius 1 is 1.24 bits per heavy atom. The first-order valence-electron chi connectivity index (χ1n) is 5.75. The highest BCUT2D eigenvalue weighted by Crippen LogP contribution is 2.24. The number of nitrogens with one attached hydrogen (secondary N) is 1. The quantitative estimate of drug-likeness (QED) is 0.818. The number of rotatable bonds is 3. The average molecular weight is 235 g/mol. The monoisotopic (exact) mass is 235 g/mol. The fourth-order valence-corrected chi connectivity index (χ4v) is 1.56. The van der Waals surface area contributed by atoms with Gasteiger partial charge in [0.25, 0.3) is 0 Å². The Balaban J connectivity index is 2.87. The number of benzene rings is 1. The highest BCUT2D eigenvalue weighted by Gasteiger charge is 2.32. The molecule has 0 bridgehead atoms. The van der Waals surface area contributed by atoms with Gasteiger partial charge in [0, 0.05) is 5.69 Å². The molecule has 0 radical (unpaired) electrons. The van der Waals surface area contributed by atoms with Crippen molar-refractivity contribution in [3.05, 3.63) is 29.8 Å². The molecule has 0 fully saturated rings. The van der Waals surface area contributed by atoms with E-state index in [4.69, 9.17) is 4.74 Å². The molecule has 1 rings (SSSR count). The highest BCUT2D eigenvalue weighted by molar-refractivity contribution is 5.80. The normalized spacial score (nSPS) is 13.0. The van der Waals surface area contributed by atoms with Gasteiger partial charge >= 0.3 is 5.97 Å². The Kier molecular flexibility index (Phi) is 4.16. The van der Waals surface area contributed by atoms with E-state index in [2.05, 4.69) is 5.32 Å². The van der Waals surface area contributed by atoms with Gasteiger partial charge in [0.05, 0.1) is 7.11 Å². The van der Waals surface area contributed by atoms with Crippen molar-refractivity contribution in [2.45, 2.75) is 33.7 Å². The Labute approximate surface area is 103 Å². The second kappa shape index (κ2) is 5.21. The maximum absolute atomic E-state index is 11.7. The van der Waals surface area contributed by atoms with Crippen LogP contribution in [0.5, 0.6) is 0 Å². The van der Waals surface area contributed by atoms with E-state index in [1.165, 1.54) is 12.7 Å². The number of hydrogen-bond donors (Lipinski definition) is 1. The van der Waals surface area contributed by atoms with Crippen molar-refractivity contribution in [3.63, 3.8) is 0 Å². The summed E-state index contributed by atoms with van der Waals surface area (Å²) >= 11 is 0. The van der Waals surface area contributed by atoms with Gasteiger partial charge in [0.1, 0.15) is 6.04 Å². The Hall–Kier alpha value is -1.51. The maximum atomic E-state index is 11.7. The van der Waals surface area contributed by atoms with Crippen LogP contribution in [0.3, 0.4) is 0 Å². The number of esters is 1. The number of carbonyl (C=O) groups is 1. The minimum absolute atomic E-state index is 0.196. The van der Waals surface area contributed by atoms with E-state index in [9.17, 15) is 4.79 Å². The highest BCUT2D eigenvalue weighted by atomic mass is 16.5. The second-order valence-corrected chi connectivity index (χ2v) is 5.33. The van der Waals surface area contributed by atoms with Crippen LogP contribution < -0.4 is 5.32 Å². The lowest BCUT2D eigenvalue weighted by atomic mass is 9.86. The van der Waals surface area contributed by atoms with E-state index in [1.807, 2.05) is 52.0 Å². The molecule has 0 spiro atoms. The molecule has 1 N–H and O–H groups in total. The van der Waals surface area contributed by atoms with E-state index in [0.717, 1.165) is 5.69 Å². The van der Waals surface area contributed by atoms with Gasteiger partial charge in [-0.2, -0.15) is 0 Å². The molecular formula is C14H21NO2. The third-order valence-electron chi connectivity index (χ3n) is 2.67. The summed E-state index contributed by atoms with van der Waals surface area (Å²) in [6.07, 6.45) is 0. The fraction of sp³-hybridized carbons (Fsp3) is 0.500. The van der Waals surface area contributed by atoms with E-state index in [0.29, 0.717) is 0 Å². The van der Waals surface area contributed by atoms with Crippen LogP contribution in [0.2, 0.25) is 0 Å². The summed E-state index contributed by atoms with van der Waals surface area (Å²) in [5.74, 6) is -0.238. The molecule has 0 aliphatic carbocycles. The lowest BCUT2D eigenvalue weighted by molar-refractivity contribution is -0.143. The van der Waals surface area contributed by atoms with Crippen LogP contribution in [0.25, 0.3) is 0 Å². The summed E-state index contributed by atoms with van der Waals surface area (Å²) < 4.78 is 4.83. The molecule has 1 unspecified atom stereocenters. The molecule has 0 aromatic heterocycles. The van der Waals surface area contributed by atoms with Crippen molar-refractivity contribution >= 4 is 11.7 Å². The third kappa shape index (κ3) is 3.77. The van der Waals surface area contributed by atoms with Crippen molar-refractivity contribution < 1.29 is 9.53 Å². The zero-order valence-electron chi connectivity index (χ0n) is 11.2. The summed E-state index contributed by atoms with van der Waals surface area (Å²) in [5, 5.41) is 3.22. The zero-order chi connectivity index (χ0) is 13.1. The van der Waals surface area contributed by atoms with E-state index >= 15 is 0 Å². The SMILES string of the molecule is COC(=O)C(Nc1ccc(C)cc1)C(C)(C)C. The van der Waals surface area contributed by atoms with Crippen LogP contribution in [-0.4, -0.2) is 19.1 Å². The van der Waals surface area contributed by atoms with Crippen LogP contribution in [-0.2, 0) is 9.53 Å². The van der Waals surface area contributed by atoms with Gasteiger partial charge in [-0.05, 0) is 24.5 Å². The van der Waals surface area contributed by atoms with Crippen LogP contribution in [0.4, 0.5) is 5.69 Å². The van der Waals surface area contributed by atoms with Gasteiger partial charge in [-0.15, -0.1) is 0 Å². The molecule has 0 saturated heterocycles. The molecule has 17 heavy (non-hydrogen) atoms. The topological polar surface area (TPSA) is 38.3 Å². The van der Waals surface area contributed by atoms with E-state index < -0.39 is 0 Å². The first-order chi connectivity index (χ1) is 7.84. The Bertz CT molecular complexity index is 376. The summed E-state index contributed by atoms with van der Waals surface area (Å²) in [4.78, 5) is 11.7. The molecule has 0 heterocycles. The Morgan fingerprint density at radius 3 is 2.18 bits per heavy atom. The first kappa shape index (κ1) is 13.6. The van der Waals surface area contributed by atoms with Crippen molar-refractivity contribution in [3.8, 4) is 0 Å². The van der Waals surface area contributed by atoms with Crippen molar-refractivity contribution in [2.75, 3.05) is 12.4 Å². The predicted octanol–water partition coefficient (Wildman–Crippen LogP) is 2.99. The predicted molar refractivity (Wildman–Crippen MR) is 70.1 cm³/mol. The average Bonchev–Trinajstić information content (AvgIpc) is 2.25. The molecule has 1 aromatic rings. The second-order valence-electron chi connectivity index (χ2n) is 5.33. The summed E-state index contributed by atoms with van der Waals surface area (Å²) in [7, 11) is 1.41. The van der Waals surface area contributed by atoms with Crippen molar-refractivity contribution in [1.82, 2.24) is 0 Å². The molecule has 94 valence electrons. The summed E-state index contributed by atoms with van der Waals surface area (Å²) in [6, 6.07) is 7.61. The molecule has 1 aromatic carbocycles. The van der Waals surface area contributed by atoms with Gasteiger partial charge < -0.3 is 10.1 Å². The van der Waals surface area contributed by atoms with Crippen LogP contribution >= 0.6 is 0 Å². The molecule has 0 aliphatic heterocycles. The van der Waals surface area contributed by atoms with Crippen LogP contribution in [0.1, 0.15) is 26.3 Å². The molecular weight excluding hydrogens is 214 g/mol. The van der Waals surface area contributed by atoms with Crippen LogP contribution in [0.15, 0.2) is 24.3 Å². The van der Waals surface area contributed by atoms with Crippen LogP contribution in [0, 0.1) is 12.3 Å². The molecule has 3 heteroatoms. The lowest BCUT2D eigenvalue weighted by Crippen LogP contribution is -2.41. The van der Waals surface area contributed by atoms with Gasteiger partial charge in [0.15, 0.2) is 0 Å². The molecule has 3 nitrogen and oxygen atoms in total. The molecule has 0 amide bonds. The Morgan fingerprint density at radius 2 is 1.76 bits per heavy atom. The molecule has 0 saturated carbocycles. The van der Waals surface area contributed by atoms with E-state index in [1.54, 1.807) is 0 Å².